The van der Waals surface area contributed by atoms with Crippen LogP contribution in [0.3, 0.4) is 0 Å². The van der Waals surface area contributed by atoms with E-state index in [-0.39, 0.29) is 11.5 Å². The number of fused-ring (bicyclic) bond motifs is 1. The SMILES string of the molecule is CC(C)c1nc(-c2ccc(C(C)(C)O)nc2)cc2ccn(C)c(=O)c12. The molecule has 25 heavy (non-hydrogen) atoms. The zero-order chi connectivity index (χ0) is 18.4. The number of nitrogens with zero attached hydrogens (tertiary/aromatic N) is 3. The number of aliphatic hydroxyl groups is 1. The van der Waals surface area contributed by atoms with Crippen LogP contribution in [0.5, 0.6) is 0 Å². The van der Waals surface area contributed by atoms with E-state index in [1.54, 1.807) is 43.9 Å². The highest BCUT2D eigenvalue weighted by atomic mass is 16.3. The molecular weight excluding hydrogens is 314 g/mol. The lowest BCUT2D eigenvalue weighted by molar-refractivity contribution is 0.0739. The van der Waals surface area contributed by atoms with Crippen molar-refractivity contribution in [3.63, 3.8) is 0 Å². The van der Waals surface area contributed by atoms with Crippen LogP contribution in [0.2, 0.25) is 0 Å². The summed E-state index contributed by atoms with van der Waals surface area (Å²) in [5.74, 6) is 0.126. The highest BCUT2D eigenvalue weighted by Gasteiger charge is 2.18. The predicted octanol–water partition coefficient (Wildman–Crippen LogP) is 3.35. The maximum absolute atomic E-state index is 12.5. The van der Waals surface area contributed by atoms with E-state index in [1.807, 2.05) is 32.0 Å². The van der Waals surface area contributed by atoms with Gasteiger partial charge in [0, 0.05) is 25.0 Å². The second-order valence-electron chi connectivity index (χ2n) is 7.23. The van der Waals surface area contributed by atoms with E-state index in [4.69, 9.17) is 4.98 Å². The van der Waals surface area contributed by atoms with Gasteiger partial charge in [-0.2, -0.15) is 0 Å². The van der Waals surface area contributed by atoms with Crippen molar-refractivity contribution in [3.05, 3.63) is 58.4 Å². The minimum Gasteiger partial charge on any atom is -0.384 e. The van der Waals surface area contributed by atoms with Crippen LogP contribution < -0.4 is 5.56 Å². The van der Waals surface area contributed by atoms with Gasteiger partial charge in [0.15, 0.2) is 0 Å². The second kappa shape index (κ2) is 6.08. The van der Waals surface area contributed by atoms with E-state index in [9.17, 15) is 9.90 Å². The fraction of sp³-hybridized carbons (Fsp3) is 0.350. The van der Waals surface area contributed by atoms with E-state index >= 15 is 0 Å². The molecule has 0 saturated carbocycles. The molecule has 3 rings (SSSR count). The van der Waals surface area contributed by atoms with Crippen molar-refractivity contribution in [3.8, 4) is 11.3 Å². The molecule has 0 aromatic carbocycles. The molecule has 0 spiro atoms. The highest BCUT2D eigenvalue weighted by molar-refractivity contribution is 5.87. The molecule has 0 aliphatic heterocycles. The quantitative estimate of drug-likeness (QED) is 0.796. The number of aryl methyl sites for hydroxylation is 1. The van der Waals surface area contributed by atoms with Gasteiger partial charge in [0.25, 0.3) is 5.56 Å². The average molecular weight is 337 g/mol. The summed E-state index contributed by atoms with van der Waals surface area (Å²) in [6.07, 6.45) is 3.49. The summed E-state index contributed by atoms with van der Waals surface area (Å²) in [5.41, 5.74) is 2.02. The monoisotopic (exact) mass is 337 g/mol. The number of pyridine rings is 3. The topological polar surface area (TPSA) is 68.0 Å². The zero-order valence-corrected chi connectivity index (χ0v) is 15.2. The minimum atomic E-state index is -0.982. The number of hydrogen-bond donors (Lipinski definition) is 1. The van der Waals surface area contributed by atoms with Crippen molar-refractivity contribution < 1.29 is 5.11 Å². The normalized spacial score (nSPS) is 12.1. The van der Waals surface area contributed by atoms with Gasteiger partial charge in [-0.05, 0) is 49.4 Å². The van der Waals surface area contributed by atoms with Gasteiger partial charge in [-0.1, -0.05) is 13.8 Å². The molecule has 130 valence electrons. The number of rotatable bonds is 3. The number of aromatic nitrogens is 3. The Balaban J connectivity index is 2.21. The lowest BCUT2D eigenvalue weighted by atomic mass is 10.00. The maximum Gasteiger partial charge on any atom is 0.260 e. The van der Waals surface area contributed by atoms with Gasteiger partial charge in [0.05, 0.1) is 22.5 Å². The fourth-order valence-corrected chi connectivity index (χ4v) is 2.86. The van der Waals surface area contributed by atoms with Gasteiger partial charge >= 0.3 is 0 Å². The van der Waals surface area contributed by atoms with Gasteiger partial charge < -0.3 is 9.67 Å². The molecule has 5 nitrogen and oxygen atoms in total. The molecule has 0 radical (unpaired) electrons. The Morgan fingerprint density at radius 2 is 1.92 bits per heavy atom. The molecule has 0 aliphatic rings. The summed E-state index contributed by atoms with van der Waals surface area (Å²) < 4.78 is 1.58. The van der Waals surface area contributed by atoms with Crippen LogP contribution in [0.15, 0.2) is 41.5 Å². The molecule has 0 aliphatic carbocycles. The van der Waals surface area contributed by atoms with Gasteiger partial charge in [0.2, 0.25) is 0 Å². The first-order valence-electron chi connectivity index (χ1n) is 8.38. The fourth-order valence-electron chi connectivity index (χ4n) is 2.86. The van der Waals surface area contributed by atoms with Crippen LogP contribution in [0.1, 0.15) is 45.0 Å². The van der Waals surface area contributed by atoms with Gasteiger partial charge in [0.1, 0.15) is 5.60 Å². The smallest absolute Gasteiger partial charge is 0.260 e. The van der Waals surface area contributed by atoms with Crippen LogP contribution in [0.4, 0.5) is 0 Å². The first-order valence-corrected chi connectivity index (χ1v) is 8.38. The maximum atomic E-state index is 12.5. The van der Waals surface area contributed by atoms with Crippen LogP contribution in [-0.2, 0) is 12.6 Å². The number of hydrogen-bond acceptors (Lipinski definition) is 4. The van der Waals surface area contributed by atoms with Gasteiger partial charge in [-0.3, -0.25) is 14.8 Å². The molecule has 0 bridgehead atoms. The third kappa shape index (κ3) is 3.20. The Labute approximate surface area is 147 Å². The van der Waals surface area contributed by atoms with Crippen molar-refractivity contribution in [1.29, 1.82) is 0 Å². The molecule has 0 amide bonds. The molecule has 0 atom stereocenters. The summed E-state index contributed by atoms with van der Waals surface area (Å²) in [6.45, 7) is 7.48. The van der Waals surface area contributed by atoms with E-state index in [1.165, 1.54) is 0 Å². The summed E-state index contributed by atoms with van der Waals surface area (Å²) in [5, 5.41) is 11.6. The van der Waals surface area contributed by atoms with Crippen molar-refractivity contribution in [2.24, 2.45) is 7.05 Å². The van der Waals surface area contributed by atoms with Crippen LogP contribution in [0.25, 0.3) is 22.0 Å². The molecular formula is C20H23N3O2. The van der Waals surface area contributed by atoms with Crippen molar-refractivity contribution in [2.75, 3.05) is 0 Å². The van der Waals surface area contributed by atoms with Gasteiger partial charge in [-0.25, -0.2) is 0 Å². The van der Waals surface area contributed by atoms with E-state index < -0.39 is 5.60 Å². The van der Waals surface area contributed by atoms with Crippen LogP contribution in [-0.4, -0.2) is 19.6 Å². The molecule has 0 unspecified atom stereocenters. The van der Waals surface area contributed by atoms with Gasteiger partial charge in [-0.15, -0.1) is 0 Å². The van der Waals surface area contributed by atoms with E-state index in [0.717, 1.165) is 22.3 Å². The summed E-state index contributed by atoms with van der Waals surface area (Å²) >= 11 is 0. The highest BCUT2D eigenvalue weighted by Crippen LogP contribution is 2.27. The first kappa shape index (κ1) is 17.3. The molecule has 5 heteroatoms. The summed E-state index contributed by atoms with van der Waals surface area (Å²) in [6, 6.07) is 7.57. The summed E-state index contributed by atoms with van der Waals surface area (Å²) in [7, 11) is 1.75. The third-order valence-electron chi connectivity index (χ3n) is 4.32. The Kier molecular flexibility index (Phi) is 4.21. The Hall–Kier alpha value is -2.53. The van der Waals surface area contributed by atoms with E-state index in [2.05, 4.69) is 4.98 Å². The van der Waals surface area contributed by atoms with E-state index in [0.29, 0.717) is 11.1 Å². The lowest BCUT2D eigenvalue weighted by Gasteiger charge is -2.17. The Bertz CT molecular complexity index is 981. The molecule has 3 aromatic rings. The molecule has 1 N–H and O–H groups in total. The lowest BCUT2D eigenvalue weighted by Crippen LogP contribution is -2.18. The largest absolute Gasteiger partial charge is 0.384 e. The molecule has 0 fully saturated rings. The zero-order valence-electron chi connectivity index (χ0n) is 15.2. The van der Waals surface area contributed by atoms with Crippen molar-refractivity contribution in [2.45, 2.75) is 39.2 Å². The third-order valence-corrected chi connectivity index (χ3v) is 4.32. The van der Waals surface area contributed by atoms with Crippen LogP contribution >= 0.6 is 0 Å². The summed E-state index contributed by atoms with van der Waals surface area (Å²) in [4.78, 5) is 21.6. The standard InChI is InChI=1S/C20H23N3O2/c1-12(2)18-17-13(8-9-23(5)19(17)24)10-15(22-18)14-6-7-16(21-11-14)20(3,4)25/h6-12,25H,1-5H3. The Morgan fingerprint density at radius 3 is 2.48 bits per heavy atom. The second-order valence-corrected chi connectivity index (χ2v) is 7.23. The Morgan fingerprint density at radius 1 is 1.20 bits per heavy atom. The first-order chi connectivity index (χ1) is 11.7. The van der Waals surface area contributed by atoms with Crippen molar-refractivity contribution in [1.82, 2.24) is 14.5 Å². The molecule has 3 aromatic heterocycles. The molecule has 0 saturated heterocycles. The average Bonchev–Trinajstić information content (AvgIpc) is 2.56. The molecule has 3 heterocycles. The predicted molar refractivity (Wildman–Crippen MR) is 99.5 cm³/mol. The van der Waals surface area contributed by atoms with Crippen molar-refractivity contribution >= 4 is 10.8 Å². The van der Waals surface area contributed by atoms with Crippen LogP contribution in [0, 0.1) is 0 Å². The minimum absolute atomic E-state index is 0.0317.